The fourth-order valence-corrected chi connectivity index (χ4v) is 5.75. The lowest BCUT2D eigenvalue weighted by Crippen LogP contribution is -2.55. The molecule has 2 fully saturated rings. The summed E-state index contributed by atoms with van der Waals surface area (Å²) >= 11 is 0. The molecule has 24 heavy (non-hydrogen) atoms. The number of alkyl halides is 1. The molecule has 142 valence electrons. The van der Waals surface area contributed by atoms with Crippen LogP contribution in [-0.4, -0.2) is 36.7 Å². The predicted octanol–water partition coefficient (Wildman–Crippen LogP) is 4.73. The van der Waals surface area contributed by atoms with Crippen LogP contribution >= 0.6 is 0 Å². The maximum Gasteiger partial charge on any atom is 0.0942 e. The molecule has 0 heterocycles. The Balaban J connectivity index is 2.19. The van der Waals surface area contributed by atoms with Crippen LogP contribution in [0.4, 0.5) is 4.39 Å². The van der Waals surface area contributed by atoms with Gasteiger partial charge in [0, 0.05) is 24.0 Å². The molecule has 7 unspecified atom stereocenters. The van der Waals surface area contributed by atoms with Gasteiger partial charge in [-0.3, -0.25) is 9.29 Å². The van der Waals surface area contributed by atoms with Crippen molar-refractivity contribution in [2.45, 2.75) is 85.4 Å². The van der Waals surface area contributed by atoms with E-state index in [0.717, 1.165) is 19.3 Å². The Morgan fingerprint density at radius 1 is 1.21 bits per heavy atom. The normalized spacial score (nSPS) is 45.2. The quantitative estimate of drug-likeness (QED) is 0.726. The number of nitrogens with zero attached hydrogens (tertiary/aromatic N) is 1. The average molecular weight is 341 g/mol. The van der Waals surface area contributed by atoms with Crippen LogP contribution < -0.4 is 5.73 Å². The second kappa shape index (κ2) is 7.61. The molecular formula is C21H41FN2. The zero-order valence-corrected chi connectivity index (χ0v) is 17.1. The van der Waals surface area contributed by atoms with Crippen LogP contribution in [-0.2, 0) is 0 Å². The largest absolute Gasteiger partial charge is 0.328 e. The molecule has 0 aliphatic heterocycles. The van der Waals surface area contributed by atoms with Gasteiger partial charge in [0.05, 0.1) is 6.67 Å². The molecule has 2 aliphatic carbocycles. The van der Waals surface area contributed by atoms with Gasteiger partial charge in [-0.05, 0) is 55.4 Å². The van der Waals surface area contributed by atoms with Crippen LogP contribution in [0.25, 0.3) is 0 Å². The lowest BCUT2D eigenvalue weighted by atomic mass is 9.66. The fourth-order valence-electron chi connectivity index (χ4n) is 5.75. The molecule has 0 aromatic rings. The second-order valence-electron chi connectivity index (χ2n) is 9.52. The smallest absolute Gasteiger partial charge is 0.0942 e. The first-order valence-corrected chi connectivity index (χ1v) is 10.2. The Labute approximate surface area is 149 Å². The number of rotatable bonds is 7. The van der Waals surface area contributed by atoms with Gasteiger partial charge in [0.1, 0.15) is 0 Å². The maximum absolute atomic E-state index is 14.3. The van der Waals surface area contributed by atoms with Crippen LogP contribution in [0.3, 0.4) is 0 Å². The molecule has 2 aliphatic rings. The summed E-state index contributed by atoms with van der Waals surface area (Å²) < 4.78 is 14.3. The van der Waals surface area contributed by atoms with E-state index in [0.29, 0.717) is 41.8 Å². The lowest BCUT2D eigenvalue weighted by Gasteiger charge is -2.46. The first-order valence-electron chi connectivity index (χ1n) is 10.2. The van der Waals surface area contributed by atoms with Crippen LogP contribution in [0.5, 0.6) is 0 Å². The molecule has 0 bridgehead atoms. The van der Waals surface area contributed by atoms with Gasteiger partial charge in [-0.1, -0.05) is 48.0 Å². The van der Waals surface area contributed by atoms with Crippen molar-refractivity contribution in [2.75, 3.05) is 13.7 Å². The molecule has 2 N–H and O–H groups in total. The van der Waals surface area contributed by atoms with E-state index in [1.807, 2.05) is 0 Å². The zero-order valence-electron chi connectivity index (χ0n) is 17.1. The maximum atomic E-state index is 14.3. The van der Waals surface area contributed by atoms with E-state index in [1.54, 1.807) is 0 Å². The van der Waals surface area contributed by atoms with E-state index < -0.39 is 0 Å². The van der Waals surface area contributed by atoms with Crippen molar-refractivity contribution in [3.05, 3.63) is 0 Å². The van der Waals surface area contributed by atoms with Gasteiger partial charge in [-0.15, -0.1) is 0 Å². The Bertz CT molecular complexity index is 409. The van der Waals surface area contributed by atoms with Crippen molar-refractivity contribution < 1.29 is 4.39 Å². The van der Waals surface area contributed by atoms with E-state index in [2.05, 4.69) is 53.5 Å². The van der Waals surface area contributed by atoms with Crippen molar-refractivity contribution in [3.8, 4) is 0 Å². The Morgan fingerprint density at radius 3 is 2.25 bits per heavy atom. The van der Waals surface area contributed by atoms with Gasteiger partial charge in [-0.2, -0.15) is 0 Å². The van der Waals surface area contributed by atoms with E-state index in [4.69, 9.17) is 5.73 Å². The fraction of sp³-hybridized carbons (Fsp3) is 1.00. The molecule has 0 amide bonds. The molecule has 0 saturated heterocycles. The van der Waals surface area contributed by atoms with Gasteiger partial charge < -0.3 is 5.73 Å². The third-order valence-electron chi connectivity index (χ3n) is 8.37. The molecule has 3 heteroatoms. The number of halogens is 1. The number of nitrogens with two attached hydrogens (primary N) is 1. The lowest BCUT2D eigenvalue weighted by molar-refractivity contribution is 0.0253. The highest BCUT2D eigenvalue weighted by atomic mass is 19.1. The predicted molar refractivity (Wildman–Crippen MR) is 102 cm³/mol. The summed E-state index contributed by atoms with van der Waals surface area (Å²) in [5.74, 6) is 2.62. The van der Waals surface area contributed by atoms with Crippen LogP contribution in [0.1, 0.15) is 67.2 Å². The molecule has 0 radical (unpaired) electrons. The molecular weight excluding hydrogens is 299 g/mol. The van der Waals surface area contributed by atoms with E-state index in [-0.39, 0.29) is 18.0 Å². The monoisotopic (exact) mass is 340 g/mol. The van der Waals surface area contributed by atoms with Gasteiger partial charge in [-0.25, -0.2) is 0 Å². The van der Waals surface area contributed by atoms with Crippen LogP contribution in [0.15, 0.2) is 0 Å². The highest BCUT2D eigenvalue weighted by Crippen LogP contribution is 2.56. The second-order valence-corrected chi connectivity index (χ2v) is 9.52. The summed E-state index contributed by atoms with van der Waals surface area (Å²) in [4.78, 5) is 2.49. The molecule has 2 nitrogen and oxygen atoms in total. The minimum absolute atomic E-state index is 0.0990. The van der Waals surface area contributed by atoms with Gasteiger partial charge in [0.25, 0.3) is 0 Å². The van der Waals surface area contributed by atoms with Gasteiger partial charge >= 0.3 is 0 Å². The molecule has 0 spiro atoms. The van der Waals surface area contributed by atoms with Crippen LogP contribution in [0, 0.1) is 35.0 Å². The van der Waals surface area contributed by atoms with Crippen LogP contribution in [0.2, 0.25) is 0 Å². The first kappa shape index (κ1) is 20.2. The molecule has 0 aromatic heterocycles. The standard InChI is InChI=1S/C21H41FN2/c1-8-13(2)14(3)11-21(6)16(5)15(4)20(19(21)12-22)24(7)18-9-17(23)10-18/h13-20H,8-12,23H2,1-7H3. The molecule has 7 atom stereocenters. The van der Waals surface area contributed by atoms with Crippen molar-refractivity contribution >= 4 is 0 Å². The van der Waals surface area contributed by atoms with Crippen molar-refractivity contribution in [3.63, 3.8) is 0 Å². The summed E-state index contributed by atoms with van der Waals surface area (Å²) in [6.45, 7) is 13.9. The number of hydrogen-bond donors (Lipinski definition) is 1. The SMILES string of the molecule is CCC(C)C(C)CC1(C)C(C)C(C)C(N(C)C2CC(N)C2)C1CF. The summed E-state index contributed by atoms with van der Waals surface area (Å²) in [6, 6.07) is 1.27. The van der Waals surface area contributed by atoms with Crippen molar-refractivity contribution in [1.29, 1.82) is 0 Å². The summed E-state index contributed by atoms with van der Waals surface area (Å²) in [5.41, 5.74) is 6.10. The van der Waals surface area contributed by atoms with Crippen molar-refractivity contribution in [2.24, 2.45) is 40.7 Å². The van der Waals surface area contributed by atoms with E-state index in [1.165, 1.54) is 6.42 Å². The molecule has 0 aromatic carbocycles. The minimum Gasteiger partial charge on any atom is -0.328 e. The first-order chi connectivity index (χ1) is 11.2. The topological polar surface area (TPSA) is 29.3 Å². The Kier molecular flexibility index (Phi) is 6.40. The Hall–Kier alpha value is -0.150. The Morgan fingerprint density at radius 2 is 1.79 bits per heavy atom. The van der Waals surface area contributed by atoms with Gasteiger partial charge in [0.15, 0.2) is 0 Å². The third-order valence-corrected chi connectivity index (χ3v) is 8.37. The number of hydrogen-bond acceptors (Lipinski definition) is 2. The summed E-state index contributed by atoms with van der Waals surface area (Å²) in [7, 11) is 2.22. The summed E-state index contributed by atoms with van der Waals surface area (Å²) in [5, 5.41) is 0. The molecule has 2 rings (SSSR count). The zero-order chi connectivity index (χ0) is 18.2. The third kappa shape index (κ3) is 3.40. The van der Waals surface area contributed by atoms with E-state index in [9.17, 15) is 4.39 Å². The summed E-state index contributed by atoms with van der Waals surface area (Å²) in [6.07, 6.45) is 4.52. The average Bonchev–Trinajstić information content (AvgIpc) is 2.70. The highest BCUT2D eigenvalue weighted by Gasteiger charge is 2.56. The van der Waals surface area contributed by atoms with E-state index >= 15 is 0 Å². The molecule has 2 saturated carbocycles. The highest BCUT2D eigenvalue weighted by molar-refractivity contribution is 5.07. The van der Waals surface area contributed by atoms with Gasteiger partial charge in [0.2, 0.25) is 0 Å². The van der Waals surface area contributed by atoms with Crippen molar-refractivity contribution in [1.82, 2.24) is 4.90 Å². The minimum atomic E-state index is -0.188.